The van der Waals surface area contributed by atoms with Crippen molar-refractivity contribution in [2.75, 3.05) is 26.3 Å². The third-order valence-electron chi connectivity index (χ3n) is 0.935. The number of carbonyl (C=O) groups is 1. The Morgan fingerprint density at radius 3 is 1.71 bits per heavy atom. The first-order valence-electron chi connectivity index (χ1n) is 3.89. The maximum atomic E-state index is 9.45. The summed E-state index contributed by atoms with van der Waals surface area (Å²) in [6.07, 6.45) is -1.23. The molecule has 0 saturated heterocycles. The van der Waals surface area contributed by atoms with Crippen LogP contribution in [0.4, 0.5) is 0 Å². The smallest absolute Gasteiger partial charge is 0.332 e. The van der Waals surface area contributed by atoms with Gasteiger partial charge >= 0.3 is 5.97 Å². The Morgan fingerprint density at radius 2 is 1.57 bits per heavy atom. The average molecular weight is 243 g/mol. The van der Waals surface area contributed by atoms with Crippen LogP contribution >= 0.6 is 0 Å². The second-order valence-electron chi connectivity index (χ2n) is 2.21. The van der Waals surface area contributed by atoms with Gasteiger partial charge in [-0.2, -0.15) is 0 Å². The maximum Gasteiger partial charge on any atom is 0.332 e. The zero-order valence-electron chi connectivity index (χ0n) is 8.10. The molecule has 14 heavy (non-hydrogen) atoms. The number of aliphatic hydroxyl groups excluding tert-OH is 3. The van der Waals surface area contributed by atoms with Crippen molar-refractivity contribution in [3.05, 3.63) is 0 Å². The summed E-state index contributed by atoms with van der Waals surface area (Å²) in [6, 6.07) is 0. The molecule has 0 aliphatic heterocycles. The number of hydrogen-bond donors (Lipinski definition) is 5. The zero-order chi connectivity index (χ0) is 10.7. The Labute approximate surface area is 97.8 Å². The molecule has 0 fully saturated rings. The van der Waals surface area contributed by atoms with Crippen molar-refractivity contribution in [2.45, 2.75) is 13.0 Å². The van der Waals surface area contributed by atoms with Crippen LogP contribution in [0.5, 0.6) is 0 Å². The summed E-state index contributed by atoms with van der Waals surface area (Å²) in [5.41, 5.74) is 0. The number of aliphatic hydroxyl groups is 3. The van der Waals surface area contributed by atoms with Crippen LogP contribution in [-0.2, 0) is 26.5 Å². The number of carboxylic acids is 1. The molecule has 0 aromatic heterocycles. The summed E-state index contributed by atoms with van der Waals surface area (Å²) in [6.45, 7) is 2.61. The van der Waals surface area contributed by atoms with E-state index in [1.54, 1.807) is 0 Å². The van der Waals surface area contributed by atoms with Crippen molar-refractivity contribution in [3.63, 3.8) is 0 Å². The molecule has 0 bridgehead atoms. The van der Waals surface area contributed by atoms with Crippen LogP contribution in [0.1, 0.15) is 6.92 Å². The predicted octanol–water partition coefficient (Wildman–Crippen LogP) is -1.99. The maximum absolute atomic E-state index is 9.45. The molecule has 84 valence electrons. The van der Waals surface area contributed by atoms with Crippen LogP contribution in [0.15, 0.2) is 0 Å². The Bertz CT molecular complexity index is 119. The summed E-state index contributed by atoms with van der Waals surface area (Å²) in [7, 11) is 0. The van der Waals surface area contributed by atoms with Gasteiger partial charge in [0, 0.05) is 34.8 Å². The molecule has 1 unspecified atom stereocenters. The molecule has 0 aliphatic rings. The van der Waals surface area contributed by atoms with Gasteiger partial charge in [-0.15, -0.1) is 0 Å². The molecule has 0 aliphatic carbocycles. The van der Waals surface area contributed by atoms with E-state index in [1.807, 2.05) is 0 Å². The number of aliphatic carboxylic acids is 1. The molecule has 0 aromatic rings. The van der Waals surface area contributed by atoms with Crippen molar-refractivity contribution in [2.24, 2.45) is 0 Å². The normalized spacial score (nSPS) is 10.6. The van der Waals surface area contributed by atoms with Crippen LogP contribution < -0.4 is 5.32 Å². The zero-order valence-corrected chi connectivity index (χ0v) is 9.66. The van der Waals surface area contributed by atoms with Crippen LogP contribution in [0.25, 0.3) is 0 Å². The van der Waals surface area contributed by atoms with Crippen molar-refractivity contribution in [1.82, 2.24) is 5.32 Å². The SMILES string of the molecule is CC(O)C(=O)O.OCCNCCO.[Ti]. The quantitative estimate of drug-likeness (QED) is 0.282. The molecule has 0 aromatic carbocycles. The predicted molar refractivity (Wildman–Crippen MR) is 46.4 cm³/mol. The first-order valence-corrected chi connectivity index (χ1v) is 3.89. The van der Waals surface area contributed by atoms with Gasteiger partial charge in [0.2, 0.25) is 0 Å². The molecule has 6 nitrogen and oxygen atoms in total. The van der Waals surface area contributed by atoms with E-state index >= 15 is 0 Å². The largest absolute Gasteiger partial charge is 0.479 e. The fraction of sp³-hybridized carbons (Fsp3) is 0.857. The molecular formula is C7H17NO5Ti. The Kier molecular flexibility index (Phi) is 21.7. The van der Waals surface area contributed by atoms with Gasteiger partial charge in [-0.1, -0.05) is 0 Å². The van der Waals surface area contributed by atoms with Crippen LogP contribution in [-0.4, -0.2) is 58.8 Å². The first-order chi connectivity index (χ1) is 6.06. The second-order valence-corrected chi connectivity index (χ2v) is 2.21. The number of nitrogens with one attached hydrogen (secondary N) is 1. The fourth-order valence-corrected chi connectivity index (χ4v) is 0.283. The minimum Gasteiger partial charge on any atom is -0.479 e. The summed E-state index contributed by atoms with van der Waals surface area (Å²) in [5, 5.41) is 34.9. The van der Waals surface area contributed by atoms with E-state index in [1.165, 1.54) is 6.92 Å². The molecule has 5 N–H and O–H groups in total. The summed E-state index contributed by atoms with van der Waals surface area (Å²) in [4.78, 5) is 9.45. The Hall–Kier alpha value is 0.0243. The average Bonchev–Trinajstić information content (AvgIpc) is 2.06. The van der Waals surface area contributed by atoms with Gasteiger partial charge < -0.3 is 25.7 Å². The molecule has 1 atom stereocenters. The van der Waals surface area contributed by atoms with Crippen LogP contribution in [0, 0.1) is 0 Å². The topological polar surface area (TPSA) is 110 Å². The van der Waals surface area contributed by atoms with Gasteiger partial charge in [0.1, 0.15) is 6.10 Å². The first kappa shape index (κ1) is 19.6. The van der Waals surface area contributed by atoms with Gasteiger partial charge in [0.25, 0.3) is 0 Å². The van der Waals surface area contributed by atoms with Crippen LogP contribution in [0.2, 0.25) is 0 Å². The van der Waals surface area contributed by atoms with E-state index in [0.717, 1.165) is 0 Å². The number of rotatable bonds is 5. The molecule has 0 rings (SSSR count). The van der Waals surface area contributed by atoms with Crippen LogP contribution in [0.3, 0.4) is 0 Å². The fourth-order valence-electron chi connectivity index (χ4n) is 0.283. The minimum absolute atomic E-state index is 0. The molecule has 0 heterocycles. The molecule has 0 saturated carbocycles. The standard InChI is InChI=1S/C4H11NO2.C3H6O3.Ti/c6-3-1-5-2-4-7;1-2(4)3(5)6;/h5-7H,1-4H2;2,4H,1H3,(H,5,6);. The van der Waals surface area contributed by atoms with E-state index in [2.05, 4.69) is 5.32 Å². The third-order valence-corrected chi connectivity index (χ3v) is 0.935. The van der Waals surface area contributed by atoms with E-state index in [9.17, 15) is 4.79 Å². The molecule has 0 radical (unpaired) electrons. The van der Waals surface area contributed by atoms with Crippen molar-refractivity contribution >= 4 is 5.97 Å². The Balaban J connectivity index is -0.000000163. The molecule has 0 spiro atoms. The van der Waals surface area contributed by atoms with Crippen molar-refractivity contribution < 1.29 is 46.9 Å². The third kappa shape index (κ3) is 22.7. The molecular weight excluding hydrogens is 226 g/mol. The van der Waals surface area contributed by atoms with Crippen molar-refractivity contribution in [1.29, 1.82) is 0 Å². The van der Waals surface area contributed by atoms with Crippen molar-refractivity contribution in [3.8, 4) is 0 Å². The van der Waals surface area contributed by atoms with E-state index < -0.39 is 12.1 Å². The van der Waals surface area contributed by atoms with Gasteiger partial charge in [0.05, 0.1) is 13.2 Å². The summed E-state index contributed by atoms with van der Waals surface area (Å²) in [5.74, 6) is -1.19. The minimum atomic E-state index is -1.23. The van der Waals surface area contributed by atoms with Gasteiger partial charge in [0.15, 0.2) is 0 Å². The van der Waals surface area contributed by atoms with Gasteiger partial charge in [-0.05, 0) is 6.92 Å². The van der Waals surface area contributed by atoms with E-state index in [-0.39, 0.29) is 34.9 Å². The Morgan fingerprint density at radius 1 is 1.29 bits per heavy atom. The second kappa shape index (κ2) is 15.5. The summed E-state index contributed by atoms with van der Waals surface area (Å²) >= 11 is 0. The monoisotopic (exact) mass is 243 g/mol. The van der Waals surface area contributed by atoms with Gasteiger partial charge in [-0.3, -0.25) is 0 Å². The van der Waals surface area contributed by atoms with Gasteiger partial charge in [-0.25, -0.2) is 4.79 Å². The number of hydrogen-bond acceptors (Lipinski definition) is 5. The van der Waals surface area contributed by atoms with E-state index in [0.29, 0.717) is 13.1 Å². The summed E-state index contributed by atoms with van der Waals surface area (Å²) < 4.78 is 0. The van der Waals surface area contributed by atoms with E-state index in [4.69, 9.17) is 20.4 Å². The molecule has 7 heteroatoms. The molecule has 0 amide bonds. The number of carboxylic acid groups (broad SMARTS) is 1.